The number of nitrogens with zero attached hydrogens (tertiary/aromatic N) is 1. The molecule has 0 radical (unpaired) electrons. The monoisotopic (exact) mass is 219 g/mol. The van der Waals surface area contributed by atoms with Crippen molar-refractivity contribution in [3.63, 3.8) is 0 Å². The summed E-state index contributed by atoms with van der Waals surface area (Å²) in [6.07, 6.45) is 2.00. The molecule has 0 unspecified atom stereocenters. The maximum Gasteiger partial charge on any atom is 0.319 e. The summed E-state index contributed by atoms with van der Waals surface area (Å²) in [5.41, 5.74) is 0.334. The smallest absolute Gasteiger partial charge is 0.319 e. The van der Waals surface area contributed by atoms with E-state index < -0.39 is 5.82 Å². The maximum atomic E-state index is 13.0. The van der Waals surface area contributed by atoms with E-state index in [0.717, 1.165) is 18.9 Å². The fourth-order valence-electron chi connectivity index (χ4n) is 1.27. The second-order valence-corrected chi connectivity index (χ2v) is 3.68. The van der Waals surface area contributed by atoms with Crippen LogP contribution in [0.2, 0.25) is 0 Å². The summed E-state index contributed by atoms with van der Waals surface area (Å²) < 4.78 is 13.0. The Morgan fingerprint density at radius 1 is 1.50 bits per heavy atom. The Hall–Kier alpha value is -2.09. The van der Waals surface area contributed by atoms with Crippen molar-refractivity contribution >= 4 is 11.7 Å². The third kappa shape index (κ3) is 2.48. The minimum absolute atomic E-state index is 0.0794. The van der Waals surface area contributed by atoms with Gasteiger partial charge in [-0.15, -0.1) is 0 Å². The fourth-order valence-corrected chi connectivity index (χ4v) is 1.27. The van der Waals surface area contributed by atoms with Gasteiger partial charge in [0.25, 0.3) is 0 Å². The normalized spacial score (nSPS) is 14.0. The van der Waals surface area contributed by atoms with Crippen molar-refractivity contribution in [3.05, 3.63) is 29.6 Å². The molecule has 0 bridgehead atoms. The van der Waals surface area contributed by atoms with Gasteiger partial charge in [-0.3, -0.25) is 0 Å². The van der Waals surface area contributed by atoms with Crippen molar-refractivity contribution in [1.82, 2.24) is 5.32 Å². The Morgan fingerprint density at radius 3 is 2.88 bits per heavy atom. The van der Waals surface area contributed by atoms with Crippen LogP contribution >= 0.6 is 0 Å². The molecule has 1 aliphatic rings. The van der Waals surface area contributed by atoms with Crippen molar-refractivity contribution in [2.45, 2.75) is 18.9 Å². The SMILES string of the molecule is N#Cc1cc(NC(=O)NC2CC2)ccc1F. The zero-order valence-corrected chi connectivity index (χ0v) is 8.46. The number of benzene rings is 1. The van der Waals surface area contributed by atoms with Crippen molar-refractivity contribution in [1.29, 1.82) is 5.26 Å². The third-order valence-corrected chi connectivity index (χ3v) is 2.26. The highest BCUT2D eigenvalue weighted by Crippen LogP contribution is 2.19. The van der Waals surface area contributed by atoms with E-state index in [0.29, 0.717) is 5.69 Å². The van der Waals surface area contributed by atoms with E-state index in [4.69, 9.17) is 5.26 Å². The quantitative estimate of drug-likeness (QED) is 0.798. The Bertz CT molecular complexity index is 463. The molecule has 0 heterocycles. The van der Waals surface area contributed by atoms with Gasteiger partial charge < -0.3 is 10.6 Å². The summed E-state index contributed by atoms with van der Waals surface area (Å²) in [6, 6.07) is 5.54. The van der Waals surface area contributed by atoms with Gasteiger partial charge in [0.05, 0.1) is 5.56 Å². The molecule has 4 nitrogen and oxygen atoms in total. The lowest BCUT2D eigenvalue weighted by Gasteiger charge is -2.06. The third-order valence-electron chi connectivity index (χ3n) is 2.26. The van der Waals surface area contributed by atoms with E-state index in [1.54, 1.807) is 6.07 Å². The molecule has 1 aromatic carbocycles. The molecule has 82 valence electrons. The summed E-state index contributed by atoms with van der Waals surface area (Å²) in [7, 11) is 0. The van der Waals surface area contributed by atoms with Gasteiger partial charge in [0.15, 0.2) is 0 Å². The van der Waals surface area contributed by atoms with E-state index in [1.807, 2.05) is 0 Å². The van der Waals surface area contributed by atoms with E-state index in [-0.39, 0.29) is 17.6 Å². The molecular formula is C11H10FN3O. The van der Waals surface area contributed by atoms with Crippen LogP contribution in [0.5, 0.6) is 0 Å². The summed E-state index contributed by atoms with van der Waals surface area (Å²) in [5.74, 6) is -0.587. The van der Waals surface area contributed by atoms with Crippen LogP contribution in [0.25, 0.3) is 0 Å². The van der Waals surface area contributed by atoms with Gasteiger partial charge in [0.1, 0.15) is 11.9 Å². The summed E-state index contributed by atoms with van der Waals surface area (Å²) >= 11 is 0. The van der Waals surface area contributed by atoms with Gasteiger partial charge in [-0.05, 0) is 31.0 Å². The molecule has 0 aromatic heterocycles. The van der Waals surface area contributed by atoms with Crippen molar-refractivity contribution in [3.8, 4) is 6.07 Å². The molecule has 0 saturated heterocycles. The lowest BCUT2D eigenvalue weighted by atomic mass is 10.2. The number of hydrogen-bond acceptors (Lipinski definition) is 2. The number of amides is 2. The molecular weight excluding hydrogens is 209 g/mol. The van der Waals surface area contributed by atoms with E-state index >= 15 is 0 Å². The van der Waals surface area contributed by atoms with Gasteiger partial charge in [0.2, 0.25) is 0 Å². The number of nitriles is 1. The molecule has 1 saturated carbocycles. The predicted molar refractivity (Wildman–Crippen MR) is 56.3 cm³/mol. The minimum Gasteiger partial charge on any atom is -0.335 e. The number of hydrogen-bond donors (Lipinski definition) is 2. The number of urea groups is 1. The second-order valence-electron chi connectivity index (χ2n) is 3.68. The van der Waals surface area contributed by atoms with E-state index in [9.17, 15) is 9.18 Å². The van der Waals surface area contributed by atoms with Gasteiger partial charge >= 0.3 is 6.03 Å². The standard InChI is InChI=1S/C11H10FN3O/c12-10-4-3-9(5-7(10)6-13)15-11(16)14-8-1-2-8/h3-5,8H,1-2H2,(H2,14,15,16). The van der Waals surface area contributed by atoms with Crippen LogP contribution in [0.3, 0.4) is 0 Å². The molecule has 0 atom stereocenters. The number of rotatable bonds is 2. The van der Waals surface area contributed by atoms with Crippen LogP contribution in [0.1, 0.15) is 18.4 Å². The molecule has 2 amide bonds. The van der Waals surface area contributed by atoms with E-state index in [1.165, 1.54) is 12.1 Å². The van der Waals surface area contributed by atoms with Crippen LogP contribution in [0, 0.1) is 17.1 Å². The van der Waals surface area contributed by atoms with Crippen LogP contribution in [0.4, 0.5) is 14.9 Å². The Balaban J connectivity index is 2.03. The van der Waals surface area contributed by atoms with Gasteiger partial charge in [-0.25, -0.2) is 9.18 Å². The van der Waals surface area contributed by atoms with E-state index in [2.05, 4.69) is 10.6 Å². The number of nitrogens with one attached hydrogen (secondary N) is 2. The first-order chi connectivity index (χ1) is 7.69. The highest BCUT2D eigenvalue weighted by atomic mass is 19.1. The summed E-state index contributed by atoms with van der Waals surface area (Å²) in [5, 5.41) is 13.9. The highest BCUT2D eigenvalue weighted by Gasteiger charge is 2.23. The summed E-state index contributed by atoms with van der Waals surface area (Å²) in [4.78, 5) is 11.3. The van der Waals surface area contributed by atoms with Gasteiger partial charge in [-0.2, -0.15) is 5.26 Å². The zero-order valence-electron chi connectivity index (χ0n) is 8.46. The molecule has 2 rings (SSSR count). The first-order valence-electron chi connectivity index (χ1n) is 4.96. The lowest BCUT2D eigenvalue weighted by molar-refractivity contribution is 0.251. The second kappa shape index (κ2) is 4.19. The first kappa shape index (κ1) is 10.4. The van der Waals surface area contributed by atoms with Crippen molar-refractivity contribution in [2.75, 3.05) is 5.32 Å². The lowest BCUT2D eigenvalue weighted by Crippen LogP contribution is -2.30. The van der Waals surface area contributed by atoms with Gasteiger partial charge in [-0.1, -0.05) is 0 Å². The fraction of sp³-hybridized carbons (Fsp3) is 0.273. The largest absolute Gasteiger partial charge is 0.335 e. The molecule has 1 fully saturated rings. The summed E-state index contributed by atoms with van der Waals surface area (Å²) in [6.45, 7) is 0. The number of carbonyl (C=O) groups excluding carboxylic acids is 1. The van der Waals surface area contributed by atoms with Crippen LogP contribution in [-0.2, 0) is 0 Å². The van der Waals surface area contributed by atoms with Gasteiger partial charge in [0, 0.05) is 11.7 Å². The molecule has 16 heavy (non-hydrogen) atoms. The zero-order chi connectivity index (χ0) is 11.5. The minimum atomic E-state index is -0.587. The first-order valence-corrected chi connectivity index (χ1v) is 4.96. The Morgan fingerprint density at radius 2 is 2.25 bits per heavy atom. The Labute approximate surface area is 92.1 Å². The average Bonchev–Trinajstić information content (AvgIpc) is 3.04. The van der Waals surface area contributed by atoms with Crippen LogP contribution < -0.4 is 10.6 Å². The van der Waals surface area contributed by atoms with Crippen molar-refractivity contribution < 1.29 is 9.18 Å². The predicted octanol–water partition coefficient (Wildman–Crippen LogP) is 1.98. The Kier molecular flexibility index (Phi) is 2.73. The highest BCUT2D eigenvalue weighted by molar-refractivity contribution is 5.89. The molecule has 1 aromatic rings. The van der Waals surface area contributed by atoms with Crippen LogP contribution in [-0.4, -0.2) is 12.1 Å². The molecule has 5 heteroatoms. The van der Waals surface area contributed by atoms with Crippen LogP contribution in [0.15, 0.2) is 18.2 Å². The topological polar surface area (TPSA) is 64.9 Å². The molecule has 1 aliphatic carbocycles. The molecule has 2 N–H and O–H groups in total. The number of halogens is 1. The molecule has 0 spiro atoms. The maximum absolute atomic E-state index is 13.0. The van der Waals surface area contributed by atoms with Crippen molar-refractivity contribution in [2.24, 2.45) is 0 Å². The average molecular weight is 219 g/mol. The molecule has 0 aliphatic heterocycles. The number of carbonyl (C=O) groups is 1. The number of anilines is 1.